The highest BCUT2D eigenvalue weighted by Gasteiger charge is 2.21. The van der Waals surface area contributed by atoms with Gasteiger partial charge in [-0.05, 0) is 25.1 Å². The van der Waals surface area contributed by atoms with Crippen molar-refractivity contribution in [2.24, 2.45) is 0 Å². The Hall–Kier alpha value is -1.92. The lowest BCUT2D eigenvalue weighted by molar-refractivity contribution is 0.0817. The van der Waals surface area contributed by atoms with Crippen molar-refractivity contribution in [3.63, 3.8) is 0 Å². The molecule has 19 heavy (non-hydrogen) atoms. The number of nitrogens with zero attached hydrogens (tertiary/aromatic N) is 2. The first-order valence-electron chi connectivity index (χ1n) is 5.49. The van der Waals surface area contributed by atoms with E-state index in [9.17, 15) is 9.59 Å². The van der Waals surface area contributed by atoms with Gasteiger partial charge in [0.2, 0.25) is 5.78 Å². The molecule has 94 valence electrons. The first-order valence-corrected chi connectivity index (χ1v) is 7.25. The number of rotatable bonds is 3. The maximum atomic E-state index is 12.1. The topological polar surface area (TPSA) is 59.9 Å². The molecule has 0 amide bonds. The Kier molecular flexibility index (Phi) is 2.96. The first-order chi connectivity index (χ1) is 9.15. The second kappa shape index (κ2) is 4.64. The van der Waals surface area contributed by atoms with Crippen LogP contribution in [0.3, 0.4) is 0 Å². The number of Topliss-reactive ketones (excluding diaryl/α,β-unsaturated/α-hetero) is 2. The van der Waals surface area contributed by atoms with Crippen LogP contribution in [0.2, 0.25) is 0 Å². The zero-order valence-electron chi connectivity index (χ0n) is 9.91. The zero-order valence-corrected chi connectivity index (χ0v) is 11.5. The van der Waals surface area contributed by atoms with Gasteiger partial charge in [-0.2, -0.15) is 0 Å². The SMILES string of the molecule is Cc1csc(C(=O)C(=O)c2ccc3ncsc3c2)n1. The second-order valence-corrected chi connectivity index (χ2v) is 5.73. The molecule has 0 aliphatic carbocycles. The molecule has 1 aromatic carbocycles. The van der Waals surface area contributed by atoms with Crippen molar-refractivity contribution in [3.8, 4) is 0 Å². The van der Waals surface area contributed by atoms with E-state index in [-0.39, 0.29) is 5.01 Å². The Morgan fingerprint density at radius 2 is 2.00 bits per heavy atom. The normalized spacial score (nSPS) is 10.8. The van der Waals surface area contributed by atoms with E-state index in [1.54, 1.807) is 36.0 Å². The van der Waals surface area contributed by atoms with Gasteiger partial charge in [-0.1, -0.05) is 0 Å². The molecule has 2 heterocycles. The molecule has 3 aromatic rings. The molecule has 3 rings (SSSR count). The summed E-state index contributed by atoms with van der Waals surface area (Å²) in [4.78, 5) is 32.3. The van der Waals surface area contributed by atoms with Gasteiger partial charge in [0.05, 0.1) is 15.7 Å². The highest BCUT2D eigenvalue weighted by Crippen LogP contribution is 2.20. The third-order valence-corrected chi connectivity index (χ3v) is 4.36. The van der Waals surface area contributed by atoms with Crippen molar-refractivity contribution in [2.75, 3.05) is 0 Å². The summed E-state index contributed by atoms with van der Waals surface area (Å²) in [5.41, 5.74) is 3.68. The Morgan fingerprint density at radius 3 is 2.74 bits per heavy atom. The fourth-order valence-corrected chi connectivity index (χ4v) is 3.13. The fourth-order valence-electron chi connectivity index (χ4n) is 1.68. The van der Waals surface area contributed by atoms with Crippen molar-refractivity contribution >= 4 is 44.5 Å². The molecule has 0 unspecified atom stereocenters. The Bertz CT molecular complexity index is 789. The number of fused-ring (bicyclic) bond motifs is 1. The molecule has 4 nitrogen and oxygen atoms in total. The number of hydrogen-bond donors (Lipinski definition) is 0. The summed E-state index contributed by atoms with van der Waals surface area (Å²) in [5, 5.41) is 2.00. The molecule has 2 aromatic heterocycles. The molecule has 0 aliphatic heterocycles. The lowest BCUT2D eigenvalue weighted by Crippen LogP contribution is -2.14. The highest BCUT2D eigenvalue weighted by atomic mass is 32.1. The quantitative estimate of drug-likeness (QED) is 0.549. The van der Waals surface area contributed by atoms with Crippen LogP contribution in [0.4, 0.5) is 0 Å². The van der Waals surface area contributed by atoms with E-state index >= 15 is 0 Å². The van der Waals surface area contributed by atoms with Crippen LogP contribution >= 0.6 is 22.7 Å². The van der Waals surface area contributed by atoms with Crippen molar-refractivity contribution in [3.05, 3.63) is 45.4 Å². The van der Waals surface area contributed by atoms with Crippen LogP contribution < -0.4 is 0 Å². The number of aromatic nitrogens is 2. The van der Waals surface area contributed by atoms with Gasteiger partial charge in [-0.15, -0.1) is 22.7 Å². The number of benzene rings is 1. The summed E-state index contributed by atoms with van der Waals surface area (Å²) in [6.45, 7) is 1.79. The molecule has 0 atom stereocenters. The van der Waals surface area contributed by atoms with Gasteiger partial charge in [-0.25, -0.2) is 9.97 Å². The predicted molar refractivity (Wildman–Crippen MR) is 75.1 cm³/mol. The lowest BCUT2D eigenvalue weighted by Gasteiger charge is -1.98. The Balaban J connectivity index is 1.96. The average molecular weight is 288 g/mol. The van der Waals surface area contributed by atoms with Crippen molar-refractivity contribution < 1.29 is 9.59 Å². The van der Waals surface area contributed by atoms with E-state index in [1.807, 2.05) is 0 Å². The van der Waals surface area contributed by atoms with E-state index in [2.05, 4.69) is 9.97 Å². The Labute approximate surface area is 116 Å². The molecule has 6 heteroatoms. The van der Waals surface area contributed by atoms with Gasteiger partial charge >= 0.3 is 0 Å². The number of carbonyl (C=O) groups excluding carboxylic acids is 2. The van der Waals surface area contributed by atoms with Gasteiger partial charge in [0, 0.05) is 16.6 Å². The van der Waals surface area contributed by atoms with Gasteiger partial charge in [0.15, 0.2) is 5.01 Å². The summed E-state index contributed by atoms with van der Waals surface area (Å²) in [5.74, 6) is -1.08. The summed E-state index contributed by atoms with van der Waals surface area (Å²) in [7, 11) is 0. The minimum absolute atomic E-state index is 0.243. The minimum Gasteiger partial charge on any atom is -0.285 e. The van der Waals surface area contributed by atoms with Gasteiger partial charge < -0.3 is 0 Å². The number of ketones is 2. The molecule has 0 saturated carbocycles. The van der Waals surface area contributed by atoms with Gasteiger partial charge in [0.1, 0.15) is 0 Å². The third-order valence-electron chi connectivity index (χ3n) is 2.61. The molecule has 0 fully saturated rings. The fraction of sp³-hybridized carbons (Fsp3) is 0.0769. The second-order valence-electron chi connectivity index (χ2n) is 3.99. The summed E-state index contributed by atoms with van der Waals surface area (Å²) < 4.78 is 0.897. The third kappa shape index (κ3) is 2.20. The summed E-state index contributed by atoms with van der Waals surface area (Å²) in [6, 6.07) is 5.08. The minimum atomic E-state index is -0.554. The van der Waals surface area contributed by atoms with Crippen LogP contribution in [0.15, 0.2) is 29.1 Å². The molecular weight excluding hydrogens is 280 g/mol. The number of aryl methyl sites for hydroxylation is 1. The van der Waals surface area contributed by atoms with Crippen LogP contribution in [0.5, 0.6) is 0 Å². The van der Waals surface area contributed by atoms with Crippen LogP contribution in [-0.4, -0.2) is 21.5 Å². The standard InChI is InChI=1S/C13H8N2O2S2/c1-7-5-18-13(15-7)12(17)11(16)8-2-3-9-10(4-8)19-6-14-9/h2-6H,1H3. The molecular formula is C13H8N2O2S2. The molecule has 0 N–H and O–H groups in total. The van der Waals surface area contributed by atoms with Crippen LogP contribution in [-0.2, 0) is 0 Å². The van der Waals surface area contributed by atoms with Crippen molar-refractivity contribution in [1.82, 2.24) is 9.97 Å². The molecule has 0 aliphatic rings. The summed E-state index contributed by atoms with van der Waals surface area (Å²) in [6.07, 6.45) is 0. The molecule has 0 radical (unpaired) electrons. The van der Waals surface area contributed by atoms with Crippen molar-refractivity contribution in [2.45, 2.75) is 6.92 Å². The summed E-state index contributed by atoms with van der Waals surface area (Å²) >= 11 is 2.64. The first kappa shape index (κ1) is 12.1. The maximum Gasteiger partial charge on any atom is 0.261 e. The average Bonchev–Trinajstić information content (AvgIpc) is 3.04. The van der Waals surface area contributed by atoms with Gasteiger partial charge in [-0.3, -0.25) is 9.59 Å². The van der Waals surface area contributed by atoms with Crippen LogP contribution in [0.1, 0.15) is 25.9 Å². The lowest BCUT2D eigenvalue weighted by atomic mass is 10.1. The van der Waals surface area contributed by atoms with E-state index in [4.69, 9.17) is 0 Å². The smallest absolute Gasteiger partial charge is 0.261 e. The number of thiazole rings is 2. The molecule has 0 bridgehead atoms. The zero-order chi connectivity index (χ0) is 13.4. The number of hydrogen-bond acceptors (Lipinski definition) is 6. The van der Waals surface area contributed by atoms with E-state index in [1.165, 1.54) is 22.7 Å². The molecule has 0 saturated heterocycles. The Morgan fingerprint density at radius 1 is 1.16 bits per heavy atom. The van der Waals surface area contributed by atoms with Gasteiger partial charge in [0.25, 0.3) is 5.78 Å². The predicted octanol–water partition coefficient (Wildman–Crippen LogP) is 3.13. The maximum absolute atomic E-state index is 12.1. The van der Waals surface area contributed by atoms with Crippen LogP contribution in [0.25, 0.3) is 10.2 Å². The van der Waals surface area contributed by atoms with E-state index in [0.29, 0.717) is 5.56 Å². The van der Waals surface area contributed by atoms with E-state index < -0.39 is 11.6 Å². The van der Waals surface area contributed by atoms with E-state index in [0.717, 1.165) is 15.9 Å². The largest absolute Gasteiger partial charge is 0.285 e. The van der Waals surface area contributed by atoms with Crippen LogP contribution in [0, 0.1) is 6.92 Å². The number of carbonyl (C=O) groups is 2. The van der Waals surface area contributed by atoms with Crippen molar-refractivity contribution in [1.29, 1.82) is 0 Å². The molecule has 0 spiro atoms. The monoisotopic (exact) mass is 288 g/mol. The highest BCUT2D eigenvalue weighted by molar-refractivity contribution is 7.16.